The molecule has 40 heavy (non-hydrogen) atoms. The standard InChI is InChI=1S/C28H31N7O5/c1-28(2,39)26(37)34-9-7-18(8-10-34)35-24-19(25(36)32-27(35)38)16-29-21-5-4-20(31-23(21)24)17-3-6-22(30-15-17)33-11-13-40-14-12-33/h3-6,15-16,18,39H,7-14H2,1-2H3,(H,32,36,38). The first-order valence-corrected chi connectivity index (χ1v) is 13.5. The van der Waals surface area contributed by atoms with Crippen LogP contribution in [0.15, 0.2) is 46.2 Å². The van der Waals surface area contributed by atoms with Crippen molar-refractivity contribution in [2.45, 2.75) is 38.3 Å². The first-order valence-electron chi connectivity index (χ1n) is 13.5. The van der Waals surface area contributed by atoms with E-state index in [1.54, 1.807) is 15.7 Å². The quantitative estimate of drug-likeness (QED) is 0.364. The summed E-state index contributed by atoms with van der Waals surface area (Å²) >= 11 is 0. The van der Waals surface area contributed by atoms with Crippen molar-refractivity contribution in [2.24, 2.45) is 0 Å². The van der Waals surface area contributed by atoms with Crippen molar-refractivity contribution >= 4 is 33.7 Å². The van der Waals surface area contributed by atoms with Gasteiger partial charge in [0.25, 0.3) is 11.5 Å². The molecular weight excluding hydrogens is 514 g/mol. The number of carbonyl (C=O) groups excluding carboxylic acids is 1. The van der Waals surface area contributed by atoms with Crippen molar-refractivity contribution in [1.82, 2.24) is 29.4 Å². The third-order valence-corrected chi connectivity index (χ3v) is 7.63. The number of carbonyl (C=O) groups is 1. The number of amides is 1. The number of morpholine rings is 1. The molecule has 0 aliphatic carbocycles. The molecule has 2 fully saturated rings. The molecule has 0 spiro atoms. The molecule has 2 N–H and O–H groups in total. The van der Waals surface area contributed by atoms with Crippen molar-refractivity contribution in [3.05, 3.63) is 57.5 Å². The summed E-state index contributed by atoms with van der Waals surface area (Å²) in [6.07, 6.45) is 4.21. The fourth-order valence-corrected chi connectivity index (χ4v) is 5.53. The van der Waals surface area contributed by atoms with Crippen LogP contribution in [-0.4, -0.2) is 85.4 Å². The molecule has 208 valence electrons. The number of H-pyrrole nitrogens is 1. The fraction of sp³-hybridized carbons (Fsp3) is 0.429. The van der Waals surface area contributed by atoms with Crippen molar-refractivity contribution in [2.75, 3.05) is 44.3 Å². The summed E-state index contributed by atoms with van der Waals surface area (Å²) in [5.74, 6) is 0.522. The molecule has 2 saturated heterocycles. The third kappa shape index (κ3) is 4.73. The summed E-state index contributed by atoms with van der Waals surface area (Å²) < 4.78 is 7.01. The zero-order valence-corrected chi connectivity index (χ0v) is 22.5. The number of aromatic amines is 1. The molecule has 0 bridgehead atoms. The van der Waals surface area contributed by atoms with Gasteiger partial charge in [-0.25, -0.2) is 14.8 Å². The van der Waals surface area contributed by atoms with Gasteiger partial charge in [-0.1, -0.05) is 0 Å². The summed E-state index contributed by atoms with van der Waals surface area (Å²) in [7, 11) is 0. The molecule has 12 heteroatoms. The zero-order valence-electron chi connectivity index (χ0n) is 22.5. The number of nitrogens with zero attached hydrogens (tertiary/aromatic N) is 6. The Morgan fingerprint density at radius 3 is 2.45 bits per heavy atom. The van der Waals surface area contributed by atoms with E-state index in [1.165, 1.54) is 20.0 Å². The number of aromatic nitrogens is 5. The van der Waals surface area contributed by atoms with Crippen LogP contribution >= 0.6 is 0 Å². The Kier molecular flexibility index (Phi) is 6.59. The van der Waals surface area contributed by atoms with E-state index < -0.39 is 16.9 Å². The minimum Gasteiger partial charge on any atom is -0.381 e. The van der Waals surface area contributed by atoms with Gasteiger partial charge in [-0.2, -0.15) is 0 Å². The van der Waals surface area contributed by atoms with E-state index in [-0.39, 0.29) is 17.3 Å². The van der Waals surface area contributed by atoms with Gasteiger partial charge in [0.1, 0.15) is 16.9 Å². The minimum atomic E-state index is -1.47. The SMILES string of the molecule is CC(C)(O)C(=O)N1CCC(n2c(=O)[nH]c(=O)c3cnc4ccc(-c5ccc(N6CCOCC6)nc5)nc4c32)CC1. The molecule has 0 aromatic carbocycles. The van der Waals surface area contributed by atoms with Crippen molar-refractivity contribution < 1.29 is 14.6 Å². The van der Waals surface area contributed by atoms with Crippen molar-refractivity contribution in [1.29, 1.82) is 0 Å². The van der Waals surface area contributed by atoms with Gasteiger partial charge in [0, 0.05) is 50.2 Å². The van der Waals surface area contributed by atoms with E-state index >= 15 is 0 Å². The van der Waals surface area contributed by atoms with Crippen LogP contribution in [-0.2, 0) is 9.53 Å². The number of anilines is 1. The van der Waals surface area contributed by atoms with Crippen LogP contribution in [0.25, 0.3) is 33.2 Å². The minimum absolute atomic E-state index is 0.271. The molecule has 2 aliphatic rings. The molecule has 4 aromatic heterocycles. The Morgan fingerprint density at radius 2 is 1.77 bits per heavy atom. The summed E-state index contributed by atoms with van der Waals surface area (Å²) in [4.78, 5) is 58.8. The highest BCUT2D eigenvalue weighted by atomic mass is 16.5. The van der Waals surface area contributed by atoms with E-state index in [0.29, 0.717) is 61.4 Å². The lowest BCUT2D eigenvalue weighted by Gasteiger charge is -2.36. The average molecular weight is 546 g/mol. The van der Waals surface area contributed by atoms with Gasteiger partial charge >= 0.3 is 5.69 Å². The van der Waals surface area contributed by atoms with Gasteiger partial charge in [-0.15, -0.1) is 0 Å². The highest BCUT2D eigenvalue weighted by Gasteiger charge is 2.33. The first-order chi connectivity index (χ1) is 19.2. The van der Waals surface area contributed by atoms with E-state index in [2.05, 4.69) is 19.9 Å². The second-order valence-electron chi connectivity index (χ2n) is 10.8. The Labute approximate surface area is 229 Å². The number of ether oxygens (including phenoxy) is 1. The van der Waals surface area contributed by atoms with Crippen LogP contribution in [0.1, 0.15) is 32.7 Å². The van der Waals surface area contributed by atoms with Crippen molar-refractivity contribution in [3.8, 4) is 11.3 Å². The predicted octanol–water partition coefficient (Wildman–Crippen LogP) is 1.47. The summed E-state index contributed by atoms with van der Waals surface area (Å²) in [5.41, 5.74) is 0.357. The van der Waals surface area contributed by atoms with Gasteiger partial charge in [0.05, 0.1) is 35.3 Å². The Balaban J connectivity index is 1.40. The van der Waals surface area contributed by atoms with Gasteiger partial charge in [0.15, 0.2) is 0 Å². The molecular formula is C28H31N7O5. The highest BCUT2D eigenvalue weighted by molar-refractivity contribution is 6.01. The number of nitrogens with one attached hydrogen (secondary N) is 1. The van der Waals surface area contributed by atoms with Crippen LogP contribution < -0.4 is 16.1 Å². The van der Waals surface area contributed by atoms with Gasteiger partial charge in [-0.3, -0.25) is 24.1 Å². The Morgan fingerprint density at radius 1 is 1.02 bits per heavy atom. The maximum atomic E-state index is 13.2. The fourth-order valence-electron chi connectivity index (χ4n) is 5.53. The van der Waals surface area contributed by atoms with Gasteiger partial charge < -0.3 is 19.6 Å². The lowest BCUT2D eigenvalue weighted by atomic mass is 10.0. The third-order valence-electron chi connectivity index (χ3n) is 7.63. The lowest BCUT2D eigenvalue weighted by molar-refractivity contribution is -0.149. The molecule has 2 aliphatic heterocycles. The van der Waals surface area contributed by atoms with Gasteiger partial charge in [0.2, 0.25) is 0 Å². The van der Waals surface area contributed by atoms with E-state index in [4.69, 9.17) is 9.72 Å². The smallest absolute Gasteiger partial charge is 0.329 e. The number of hydrogen-bond donors (Lipinski definition) is 2. The second-order valence-corrected chi connectivity index (χ2v) is 10.8. The normalized spacial score (nSPS) is 17.1. The van der Waals surface area contributed by atoms with Crippen LogP contribution in [0.5, 0.6) is 0 Å². The van der Waals surface area contributed by atoms with Crippen LogP contribution in [0.2, 0.25) is 0 Å². The molecule has 4 aromatic rings. The molecule has 0 atom stereocenters. The first kappa shape index (κ1) is 26.1. The number of fused-ring (bicyclic) bond motifs is 3. The maximum absolute atomic E-state index is 13.2. The number of hydrogen-bond acceptors (Lipinski definition) is 9. The molecule has 0 unspecified atom stereocenters. The number of likely N-dealkylation sites (tertiary alicyclic amines) is 1. The van der Waals surface area contributed by atoms with E-state index in [9.17, 15) is 19.5 Å². The van der Waals surface area contributed by atoms with Crippen LogP contribution in [0.3, 0.4) is 0 Å². The number of pyridine rings is 3. The van der Waals surface area contributed by atoms with E-state index in [0.717, 1.165) is 24.5 Å². The van der Waals surface area contributed by atoms with Gasteiger partial charge in [-0.05, 0) is 51.0 Å². The Bertz CT molecular complexity index is 1690. The molecule has 1 amide bonds. The zero-order chi connectivity index (χ0) is 28.0. The molecule has 0 saturated carbocycles. The second kappa shape index (κ2) is 10.1. The monoisotopic (exact) mass is 545 g/mol. The predicted molar refractivity (Wildman–Crippen MR) is 149 cm³/mol. The number of aliphatic hydroxyl groups is 1. The lowest BCUT2D eigenvalue weighted by Crippen LogP contribution is -2.49. The number of piperidine rings is 1. The molecule has 0 radical (unpaired) electrons. The molecule has 12 nitrogen and oxygen atoms in total. The van der Waals surface area contributed by atoms with Crippen molar-refractivity contribution in [3.63, 3.8) is 0 Å². The molecule has 6 heterocycles. The number of rotatable bonds is 4. The highest BCUT2D eigenvalue weighted by Crippen LogP contribution is 2.29. The van der Waals surface area contributed by atoms with Crippen LogP contribution in [0, 0.1) is 0 Å². The summed E-state index contributed by atoms with van der Waals surface area (Å²) in [6, 6.07) is 7.32. The Hall–Kier alpha value is -4.16. The average Bonchev–Trinajstić information content (AvgIpc) is 2.97. The largest absolute Gasteiger partial charge is 0.381 e. The summed E-state index contributed by atoms with van der Waals surface area (Å²) in [6.45, 7) is 6.61. The topological polar surface area (TPSA) is 147 Å². The van der Waals surface area contributed by atoms with Crippen LogP contribution in [0.4, 0.5) is 5.82 Å². The summed E-state index contributed by atoms with van der Waals surface area (Å²) in [5, 5.41) is 10.4. The maximum Gasteiger partial charge on any atom is 0.329 e. The van der Waals surface area contributed by atoms with E-state index in [1.807, 2.05) is 24.3 Å². The molecule has 6 rings (SSSR count).